The van der Waals surface area contributed by atoms with Crippen LogP contribution in [0.3, 0.4) is 0 Å². The zero-order valence-corrected chi connectivity index (χ0v) is 12.6. The van der Waals surface area contributed by atoms with Crippen molar-refractivity contribution in [1.29, 1.82) is 0 Å². The summed E-state index contributed by atoms with van der Waals surface area (Å²) >= 11 is 0. The highest BCUT2D eigenvalue weighted by Gasteiger charge is 2.20. The second-order valence-electron chi connectivity index (χ2n) is 6.03. The lowest BCUT2D eigenvalue weighted by atomic mass is 9.78. The molecule has 1 aromatic carbocycles. The molecule has 0 unspecified atom stereocenters. The number of rotatable bonds is 5. The second-order valence-corrected chi connectivity index (χ2v) is 6.03. The molecule has 0 amide bonds. The Hall–Kier alpha value is -1.04. The number of hydrogen-bond acceptors (Lipinski definition) is 0. The van der Waals surface area contributed by atoms with Crippen LogP contribution in [0.2, 0.25) is 0 Å². The van der Waals surface area contributed by atoms with Gasteiger partial charge in [-0.1, -0.05) is 44.2 Å². The van der Waals surface area contributed by atoms with Crippen LogP contribution in [0.1, 0.15) is 75.3 Å². The summed E-state index contributed by atoms with van der Waals surface area (Å²) in [6, 6.07) is 9.50. The van der Waals surface area contributed by atoms with E-state index in [4.69, 9.17) is 0 Å². The molecule has 0 aromatic heterocycles. The van der Waals surface area contributed by atoms with Crippen molar-refractivity contribution >= 4 is 0 Å². The third kappa shape index (κ3) is 3.49. The zero-order valence-electron chi connectivity index (χ0n) is 12.6. The molecule has 1 fully saturated rings. The predicted octanol–water partition coefficient (Wildman–Crippen LogP) is 6.05. The fraction of sp³-hybridized carbons (Fsp3) is 0.579. The summed E-state index contributed by atoms with van der Waals surface area (Å²) in [5.74, 6) is 2.29. The van der Waals surface area contributed by atoms with E-state index in [-0.39, 0.29) is 0 Å². The molecule has 0 nitrogen and oxygen atoms in total. The Morgan fingerprint density at radius 1 is 1.05 bits per heavy atom. The van der Waals surface area contributed by atoms with Gasteiger partial charge in [-0.05, 0) is 67.4 Å². The summed E-state index contributed by atoms with van der Waals surface area (Å²) in [6.07, 6.45) is 9.96. The first-order valence-corrected chi connectivity index (χ1v) is 8.00. The molecule has 1 aromatic rings. The van der Waals surface area contributed by atoms with Gasteiger partial charge >= 0.3 is 0 Å². The number of allylic oxidation sites excluding steroid dienone is 1. The lowest BCUT2D eigenvalue weighted by molar-refractivity contribution is 0.376. The van der Waals surface area contributed by atoms with Crippen molar-refractivity contribution < 1.29 is 0 Å². The van der Waals surface area contributed by atoms with Gasteiger partial charge in [-0.2, -0.15) is 0 Å². The molecule has 0 bridgehead atoms. The topological polar surface area (TPSA) is 0 Å². The van der Waals surface area contributed by atoms with E-state index in [9.17, 15) is 0 Å². The highest BCUT2D eigenvalue weighted by Crippen LogP contribution is 2.36. The van der Waals surface area contributed by atoms with E-state index < -0.39 is 0 Å². The summed E-state index contributed by atoms with van der Waals surface area (Å²) in [5, 5.41) is 0. The van der Waals surface area contributed by atoms with Gasteiger partial charge in [0.25, 0.3) is 0 Å². The lowest BCUT2D eigenvalue weighted by Gasteiger charge is -2.27. The molecule has 0 radical (unpaired) electrons. The Morgan fingerprint density at radius 2 is 1.63 bits per heavy atom. The van der Waals surface area contributed by atoms with E-state index in [1.807, 2.05) is 0 Å². The summed E-state index contributed by atoms with van der Waals surface area (Å²) < 4.78 is 0. The molecule has 0 atom stereocenters. The molecular formula is C19H28. The Balaban J connectivity index is 2.00. The molecule has 0 saturated heterocycles. The van der Waals surface area contributed by atoms with Gasteiger partial charge in [0.1, 0.15) is 0 Å². The molecule has 0 aliphatic heterocycles. The quantitative estimate of drug-likeness (QED) is 0.562. The van der Waals surface area contributed by atoms with Gasteiger partial charge in [-0.15, -0.1) is 6.58 Å². The molecule has 0 heteroatoms. The fourth-order valence-electron chi connectivity index (χ4n) is 3.49. The van der Waals surface area contributed by atoms with Crippen molar-refractivity contribution in [3.05, 3.63) is 48.0 Å². The molecule has 1 aliphatic rings. The Morgan fingerprint density at radius 3 is 2.11 bits per heavy atom. The van der Waals surface area contributed by atoms with Crippen LogP contribution in [0.5, 0.6) is 0 Å². The molecule has 0 N–H and O–H groups in total. The maximum atomic E-state index is 3.93. The largest absolute Gasteiger partial charge is 0.103 e. The van der Waals surface area contributed by atoms with Gasteiger partial charge in [-0.3, -0.25) is 0 Å². The van der Waals surface area contributed by atoms with Crippen LogP contribution < -0.4 is 0 Å². The standard InChI is InChI=1S/C19H28/c1-4-15-7-9-18(10-8-15)19-13-11-17(12-14-19)16(5-2)6-3/h4,11-16,18H,1,5-10H2,2-3H3. The maximum Gasteiger partial charge on any atom is -0.0162 e. The van der Waals surface area contributed by atoms with E-state index in [1.165, 1.54) is 44.1 Å². The fourth-order valence-corrected chi connectivity index (χ4v) is 3.49. The average Bonchev–Trinajstić information content (AvgIpc) is 2.49. The van der Waals surface area contributed by atoms with E-state index >= 15 is 0 Å². The Kier molecular flexibility index (Phi) is 5.24. The van der Waals surface area contributed by atoms with Gasteiger partial charge < -0.3 is 0 Å². The van der Waals surface area contributed by atoms with Crippen LogP contribution in [0.15, 0.2) is 36.9 Å². The van der Waals surface area contributed by atoms with Crippen molar-refractivity contribution in [2.75, 3.05) is 0 Å². The maximum absolute atomic E-state index is 3.93. The van der Waals surface area contributed by atoms with Crippen molar-refractivity contribution in [1.82, 2.24) is 0 Å². The first kappa shape index (κ1) is 14.4. The summed E-state index contributed by atoms with van der Waals surface area (Å²) in [4.78, 5) is 0. The van der Waals surface area contributed by atoms with Crippen LogP contribution in [0.4, 0.5) is 0 Å². The van der Waals surface area contributed by atoms with Crippen molar-refractivity contribution in [2.24, 2.45) is 5.92 Å². The van der Waals surface area contributed by atoms with Crippen molar-refractivity contribution in [2.45, 2.75) is 64.2 Å². The van der Waals surface area contributed by atoms with Crippen LogP contribution in [0.25, 0.3) is 0 Å². The van der Waals surface area contributed by atoms with E-state index in [0.29, 0.717) is 0 Å². The average molecular weight is 256 g/mol. The second kappa shape index (κ2) is 6.93. The van der Waals surface area contributed by atoms with Gasteiger partial charge in [0.05, 0.1) is 0 Å². The molecule has 2 rings (SSSR count). The summed E-state index contributed by atoms with van der Waals surface area (Å²) in [7, 11) is 0. The number of benzene rings is 1. The number of hydrogen-bond donors (Lipinski definition) is 0. The lowest BCUT2D eigenvalue weighted by Crippen LogP contribution is -2.11. The van der Waals surface area contributed by atoms with Gasteiger partial charge in [0.2, 0.25) is 0 Å². The Labute approximate surface area is 118 Å². The van der Waals surface area contributed by atoms with E-state index in [1.54, 1.807) is 5.56 Å². The normalized spacial score (nSPS) is 23.5. The molecular weight excluding hydrogens is 228 g/mol. The SMILES string of the molecule is C=CC1CCC(c2ccc(C(CC)CC)cc2)CC1. The first-order chi connectivity index (χ1) is 9.28. The molecule has 104 valence electrons. The molecule has 0 heterocycles. The van der Waals surface area contributed by atoms with E-state index in [0.717, 1.165) is 17.8 Å². The van der Waals surface area contributed by atoms with Crippen LogP contribution in [-0.4, -0.2) is 0 Å². The Bertz CT molecular complexity index is 375. The van der Waals surface area contributed by atoms with Crippen LogP contribution in [-0.2, 0) is 0 Å². The summed E-state index contributed by atoms with van der Waals surface area (Å²) in [6.45, 7) is 8.51. The molecule has 1 saturated carbocycles. The van der Waals surface area contributed by atoms with Gasteiger partial charge in [0.15, 0.2) is 0 Å². The monoisotopic (exact) mass is 256 g/mol. The molecule has 1 aliphatic carbocycles. The smallest absolute Gasteiger partial charge is 0.0162 e. The van der Waals surface area contributed by atoms with Crippen LogP contribution in [0, 0.1) is 5.92 Å². The third-order valence-electron chi connectivity index (χ3n) is 4.97. The van der Waals surface area contributed by atoms with Gasteiger partial charge in [-0.25, -0.2) is 0 Å². The molecule has 0 spiro atoms. The van der Waals surface area contributed by atoms with Crippen molar-refractivity contribution in [3.63, 3.8) is 0 Å². The van der Waals surface area contributed by atoms with Crippen LogP contribution >= 0.6 is 0 Å². The minimum Gasteiger partial charge on any atom is -0.103 e. The van der Waals surface area contributed by atoms with Gasteiger partial charge in [0, 0.05) is 0 Å². The first-order valence-electron chi connectivity index (χ1n) is 8.00. The highest BCUT2D eigenvalue weighted by molar-refractivity contribution is 5.28. The minimum absolute atomic E-state index is 0.741. The highest BCUT2D eigenvalue weighted by atomic mass is 14.3. The third-order valence-corrected chi connectivity index (χ3v) is 4.97. The van der Waals surface area contributed by atoms with E-state index in [2.05, 4.69) is 50.8 Å². The zero-order chi connectivity index (χ0) is 13.7. The molecule has 19 heavy (non-hydrogen) atoms. The predicted molar refractivity (Wildman–Crippen MR) is 84.7 cm³/mol. The minimum atomic E-state index is 0.741. The van der Waals surface area contributed by atoms with Crippen molar-refractivity contribution in [3.8, 4) is 0 Å². The summed E-state index contributed by atoms with van der Waals surface area (Å²) in [5.41, 5.74) is 3.07.